The largest absolute Gasteiger partial charge is 0.475 e. The summed E-state index contributed by atoms with van der Waals surface area (Å²) in [6.07, 6.45) is 6.54. The quantitative estimate of drug-likeness (QED) is 0.283. The lowest BCUT2D eigenvalue weighted by Crippen LogP contribution is -2.02. The molecular weight excluding hydrogens is 422 g/mol. The second-order valence-corrected chi connectivity index (χ2v) is 8.26. The SMILES string of the molecule is NCc1ccccc1.O=C(O)c1ccco1.c1ccc2c(c1)ccc1c3c(ccc12)CCCC3. The molecular formula is C30H29NO3. The van der Waals surface area contributed by atoms with Crippen LogP contribution in [0.4, 0.5) is 0 Å². The number of carbonyl (C=O) groups is 1. The second-order valence-electron chi connectivity index (χ2n) is 8.26. The number of carboxylic acids is 1. The molecule has 0 radical (unpaired) electrons. The Morgan fingerprint density at radius 3 is 2.18 bits per heavy atom. The number of aryl methyl sites for hydroxylation is 2. The van der Waals surface area contributed by atoms with Crippen LogP contribution < -0.4 is 5.73 Å². The van der Waals surface area contributed by atoms with Crippen molar-refractivity contribution in [1.82, 2.24) is 0 Å². The predicted molar refractivity (Wildman–Crippen MR) is 138 cm³/mol. The Kier molecular flexibility index (Phi) is 7.74. The zero-order chi connectivity index (χ0) is 23.8. The van der Waals surface area contributed by atoms with Gasteiger partial charge in [-0.2, -0.15) is 0 Å². The lowest BCUT2D eigenvalue weighted by atomic mass is 9.86. The first-order valence-electron chi connectivity index (χ1n) is 11.6. The number of rotatable bonds is 2. The van der Waals surface area contributed by atoms with E-state index in [0.717, 1.165) is 0 Å². The summed E-state index contributed by atoms with van der Waals surface area (Å²) >= 11 is 0. The summed E-state index contributed by atoms with van der Waals surface area (Å²) in [6.45, 7) is 0.640. The number of fused-ring (bicyclic) bond motifs is 5. The number of nitrogens with two attached hydrogens (primary N) is 1. The number of hydrogen-bond acceptors (Lipinski definition) is 3. The van der Waals surface area contributed by atoms with Crippen LogP contribution in [0.5, 0.6) is 0 Å². The summed E-state index contributed by atoms with van der Waals surface area (Å²) < 4.78 is 4.50. The molecule has 5 aromatic rings. The van der Waals surface area contributed by atoms with Gasteiger partial charge < -0.3 is 15.3 Å². The molecule has 0 saturated heterocycles. The van der Waals surface area contributed by atoms with Crippen LogP contribution in [0.25, 0.3) is 21.5 Å². The summed E-state index contributed by atoms with van der Waals surface area (Å²) in [6, 6.07) is 30.9. The fourth-order valence-corrected chi connectivity index (χ4v) is 4.36. The highest BCUT2D eigenvalue weighted by Crippen LogP contribution is 2.33. The van der Waals surface area contributed by atoms with Gasteiger partial charge in [-0.05, 0) is 76.1 Å². The lowest BCUT2D eigenvalue weighted by Gasteiger charge is -2.18. The molecule has 1 aromatic heterocycles. The molecule has 1 aliphatic rings. The van der Waals surface area contributed by atoms with Crippen LogP contribution in [0.2, 0.25) is 0 Å². The van der Waals surface area contributed by atoms with Gasteiger partial charge in [-0.3, -0.25) is 0 Å². The van der Waals surface area contributed by atoms with Gasteiger partial charge >= 0.3 is 5.97 Å². The Balaban J connectivity index is 0.000000143. The summed E-state index contributed by atoms with van der Waals surface area (Å²) in [5, 5.41) is 13.8. The minimum atomic E-state index is -1.03. The normalized spacial score (nSPS) is 12.1. The van der Waals surface area contributed by atoms with Gasteiger partial charge in [0.1, 0.15) is 0 Å². The summed E-state index contributed by atoms with van der Waals surface area (Å²) in [7, 11) is 0. The first-order chi connectivity index (χ1) is 16.7. The molecule has 4 nitrogen and oxygen atoms in total. The van der Waals surface area contributed by atoms with E-state index in [1.165, 1.54) is 71.2 Å². The van der Waals surface area contributed by atoms with Crippen molar-refractivity contribution in [2.45, 2.75) is 32.2 Å². The fraction of sp³-hybridized carbons (Fsp3) is 0.167. The van der Waals surface area contributed by atoms with Crippen molar-refractivity contribution in [2.75, 3.05) is 0 Å². The Labute approximate surface area is 199 Å². The van der Waals surface area contributed by atoms with Crippen molar-refractivity contribution < 1.29 is 14.3 Å². The molecule has 6 rings (SSSR count). The minimum Gasteiger partial charge on any atom is -0.475 e. The highest BCUT2D eigenvalue weighted by Gasteiger charge is 2.13. The smallest absolute Gasteiger partial charge is 0.371 e. The van der Waals surface area contributed by atoms with Crippen LogP contribution >= 0.6 is 0 Å². The highest BCUT2D eigenvalue weighted by molar-refractivity contribution is 6.08. The third-order valence-corrected chi connectivity index (χ3v) is 6.07. The molecule has 0 unspecified atom stereocenters. The van der Waals surface area contributed by atoms with Crippen LogP contribution in [0.3, 0.4) is 0 Å². The molecule has 0 aliphatic heterocycles. The van der Waals surface area contributed by atoms with E-state index in [-0.39, 0.29) is 5.76 Å². The van der Waals surface area contributed by atoms with Crippen LogP contribution in [0.15, 0.2) is 102 Å². The monoisotopic (exact) mass is 451 g/mol. The predicted octanol–water partition coefficient (Wildman–Crippen LogP) is 6.99. The van der Waals surface area contributed by atoms with Gasteiger partial charge in [0.15, 0.2) is 0 Å². The van der Waals surface area contributed by atoms with Crippen molar-refractivity contribution in [1.29, 1.82) is 0 Å². The average molecular weight is 452 g/mol. The van der Waals surface area contributed by atoms with Gasteiger partial charge in [-0.1, -0.05) is 78.9 Å². The van der Waals surface area contributed by atoms with E-state index in [0.29, 0.717) is 6.54 Å². The van der Waals surface area contributed by atoms with Gasteiger partial charge in [0.2, 0.25) is 5.76 Å². The zero-order valence-corrected chi connectivity index (χ0v) is 19.1. The third-order valence-electron chi connectivity index (χ3n) is 6.07. The maximum Gasteiger partial charge on any atom is 0.371 e. The Bertz CT molecular complexity index is 1360. The summed E-state index contributed by atoms with van der Waals surface area (Å²) in [5.74, 6) is -1.06. The molecule has 0 saturated carbocycles. The molecule has 0 spiro atoms. The van der Waals surface area contributed by atoms with Crippen molar-refractivity contribution >= 4 is 27.5 Å². The molecule has 0 atom stereocenters. The first kappa shape index (κ1) is 23.3. The molecule has 4 heteroatoms. The molecule has 0 fully saturated rings. The van der Waals surface area contributed by atoms with Crippen molar-refractivity contribution in [3.63, 3.8) is 0 Å². The Hall–Kier alpha value is -3.89. The molecule has 1 aliphatic carbocycles. The number of carboxylic acid groups (broad SMARTS) is 1. The standard InChI is InChI=1S/C18H16.C7H9N.C5H4O3/c1-3-7-15-13(5-1)9-11-18-16-8-4-2-6-14(16)10-12-17(15)18;8-6-7-4-2-1-3-5-7;6-5(7)4-2-1-3-8-4/h1,3,5,7,9-12H,2,4,6,8H2;1-5H,6,8H2;1-3H,(H,6,7). The lowest BCUT2D eigenvalue weighted by molar-refractivity contribution is 0.0662. The summed E-state index contributed by atoms with van der Waals surface area (Å²) in [4.78, 5) is 9.97. The van der Waals surface area contributed by atoms with Crippen LogP contribution in [-0.4, -0.2) is 11.1 Å². The first-order valence-corrected chi connectivity index (χ1v) is 11.6. The highest BCUT2D eigenvalue weighted by atomic mass is 16.4. The van der Waals surface area contributed by atoms with Gasteiger partial charge in [0.25, 0.3) is 0 Å². The van der Waals surface area contributed by atoms with E-state index < -0.39 is 5.97 Å². The number of aromatic carboxylic acids is 1. The molecule has 0 bridgehead atoms. The van der Waals surface area contributed by atoms with E-state index in [4.69, 9.17) is 10.8 Å². The number of furan rings is 1. The zero-order valence-electron chi connectivity index (χ0n) is 19.1. The van der Waals surface area contributed by atoms with Crippen molar-refractivity contribution in [3.05, 3.63) is 120 Å². The topological polar surface area (TPSA) is 76.5 Å². The minimum absolute atomic E-state index is 0.0231. The molecule has 3 N–H and O–H groups in total. The van der Waals surface area contributed by atoms with E-state index in [9.17, 15) is 4.79 Å². The fourth-order valence-electron chi connectivity index (χ4n) is 4.36. The molecule has 172 valence electrons. The van der Waals surface area contributed by atoms with E-state index in [1.54, 1.807) is 11.1 Å². The van der Waals surface area contributed by atoms with E-state index in [2.05, 4.69) is 52.9 Å². The van der Waals surface area contributed by atoms with E-state index in [1.807, 2.05) is 30.3 Å². The molecule has 34 heavy (non-hydrogen) atoms. The van der Waals surface area contributed by atoms with Gasteiger partial charge in [0, 0.05) is 6.54 Å². The average Bonchev–Trinajstić information content (AvgIpc) is 3.45. The molecule has 4 aromatic carbocycles. The van der Waals surface area contributed by atoms with Crippen LogP contribution in [0, 0.1) is 0 Å². The van der Waals surface area contributed by atoms with Crippen molar-refractivity contribution in [2.24, 2.45) is 5.73 Å². The van der Waals surface area contributed by atoms with E-state index >= 15 is 0 Å². The number of hydrogen-bond donors (Lipinski definition) is 2. The van der Waals surface area contributed by atoms with Gasteiger partial charge in [-0.15, -0.1) is 0 Å². The maximum atomic E-state index is 9.97. The Morgan fingerprint density at radius 2 is 1.50 bits per heavy atom. The number of benzene rings is 4. The second kappa shape index (κ2) is 11.3. The van der Waals surface area contributed by atoms with Gasteiger partial charge in [0.05, 0.1) is 6.26 Å². The van der Waals surface area contributed by atoms with Crippen LogP contribution in [0.1, 0.15) is 40.1 Å². The molecule has 0 amide bonds. The van der Waals surface area contributed by atoms with Crippen molar-refractivity contribution in [3.8, 4) is 0 Å². The summed E-state index contributed by atoms with van der Waals surface area (Å²) in [5.41, 5.74) is 9.71. The third kappa shape index (κ3) is 5.53. The Morgan fingerprint density at radius 1 is 0.765 bits per heavy atom. The van der Waals surface area contributed by atoms with Crippen LogP contribution in [-0.2, 0) is 19.4 Å². The van der Waals surface area contributed by atoms with Gasteiger partial charge in [-0.25, -0.2) is 4.79 Å². The molecule has 1 heterocycles. The maximum absolute atomic E-state index is 9.97.